The summed E-state index contributed by atoms with van der Waals surface area (Å²) in [5, 5.41) is 4.61. The van der Waals surface area contributed by atoms with Crippen LogP contribution in [-0.2, 0) is 0 Å². The maximum Gasteiger partial charge on any atom is 0.161 e. The molecular weight excluding hydrogens is 378 g/mol. The van der Waals surface area contributed by atoms with E-state index in [0.29, 0.717) is 6.61 Å². The maximum atomic E-state index is 5.55. The molecule has 146 valence electrons. The number of fused-ring (bicyclic) bond motifs is 1. The summed E-state index contributed by atoms with van der Waals surface area (Å²) in [4.78, 5) is 11.3. The number of nitrogens with one attached hydrogen (secondary N) is 1. The van der Waals surface area contributed by atoms with E-state index in [1.807, 2.05) is 38.1 Å². The number of aromatic nitrogens is 2. The summed E-state index contributed by atoms with van der Waals surface area (Å²) in [6, 6.07) is 20.7. The van der Waals surface area contributed by atoms with Crippen molar-refractivity contribution in [2.75, 3.05) is 11.9 Å². The molecule has 0 bridgehead atoms. The first-order valence-electron chi connectivity index (χ1n) is 9.63. The predicted molar refractivity (Wildman–Crippen MR) is 120 cm³/mol. The lowest BCUT2D eigenvalue weighted by Gasteiger charge is -2.14. The number of benzene rings is 2. The summed E-state index contributed by atoms with van der Waals surface area (Å²) < 4.78 is 5.55. The van der Waals surface area contributed by atoms with Crippen molar-refractivity contribution < 1.29 is 4.74 Å². The average Bonchev–Trinajstić information content (AvgIpc) is 2.71. The summed E-state index contributed by atoms with van der Waals surface area (Å²) >= 11 is 1.73. The minimum absolute atomic E-state index is 0.673. The molecule has 2 heterocycles. The molecule has 0 atom stereocenters. The Hall–Kier alpha value is -3.05. The molecule has 0 aliphatic heterocycles. The molecule has 0 aliphatic rings. The van der Waals surface area contributed by atoms with Crippen LogP contribution in [0.2, 0.25) is 0 Å². The quantitative estimate of drug-likeness (QED) is 0.397. The zero-order valence-electron chi connectivity index (χ0n) is 16.8. The maximum absolute atomic E-state index is 5.55. The van der Waals surface area contributed by atoms with Crippen molar-refractivity contribution in [3.05, 3.63) is 78.1 Å². The van der Waals surface area contributed by atoms with Gasteiger partial charge in [0.05, 0.1) is 18.0 Å². The second-order valence-corrected chi connectivity index (χ2v) is 7.93. The number of hydrogen-bond donors (Lipinski definition) is 1. The molecule has 2 aromatic heterocycles. The second kappa shape index (κ2) is 8.53. The van der Waals surface area contributed by atoms with Crippen LogP contribution in [0.15, 0.2) is 76.7 Å². The smallest absolute Gasteiger partial charge is 0.161 e. The molecule has 4 nitrogen and oxygen atoms in total. The number of ether oxygens (including phenoxy) is 1. The van der Waals surface area contributed by atoms with Crippen molar-refractivity contribution in [2.45, 2.75) is 30.6 Å². The van der Waals surface area contributed by atoms with Crippen molar-refractivity contribution in [1.29, 1.82) is 0 Å². The van der Waals surface area contributed by atoms with Crippen LogP contribution in [0.4, 0.5) is 11.4 Å². The van der Waals surface area contributed by atoms with Crippen LogP contribution in [0.5, 0.6) is 5.75 Å². The number of aryl methyl sites for hydroxylation is 2. The molecule has 0 saturated heterocycles. The van der Waals surface area contributed by atoms with Crippen LogP contribution in [0.1, 0.15) is 18.2 Å². The molecule has 1 N–H and O–H groups in total. The molecule has 0 fully saturated rings. The molecule has 0 spiro atoms. The van der Waals surface area contributed by atoms with Gasteiger partial charge in [-0.3, -0.25) is 0 Å². The van der Waals surface area contributed by atoms with E-state index in [2.05, 4.69) is 58.6 Å². The number of anilines is 2. The summed E-state index contributed by atoms with van der Waals surface area (Å²) in [6.07, 6.45) is 1.80. The van der Waals surface area contributed by atoms with E-state index in [1.54, 1.807) is 18.0 Å². The highest BCUT2D eigenvalue weighted by Gasteiger charge is 2.09. The van der Waals surface area contributed by atoms with Gasteiger partial charge in [-0.05, 0) is 80.9 Å². The molecule has 0 aliphatic carbocycles. The third-order valence-corrected chi connectivity index (χ3v) is 5.59. The highest BCUT2D eigenvalue weighted by Crippen LogP contribution is 2.37. The van der Waals surface area contributed by atoms with Crippen LogP contribution in [0, 0.1) is 13.8 Å². The minimum atomic E-state index is 0.673. The zero-order chi connectivity index (χ0) is 20.2. The van der Waals surface area contributed by atoms with Crippen LogP contribution < -0.4 is 10.1 Å². The van der Waals surface area contributed by atoms with E-state index < -0.39 is 0 Å². The summed E-state index contributed by atoms with van der Waals surface area (Å²) in [6.45, 7) is 6.75. The van der Waals surface area contributed by atoms with Gasteiger partial charge in [-0.15, -0.1) is 0 Å². The Morgan fingerprint density at radius 3 is 2.55 bits per heavy atom. The van der Waals surface area contributed by atoms with Gasteiger partial charge in [0.15, 0.2) is 5.65 Å². The van der Waals surface area contributed by atoms with Crippen molar-refractivity contribution >= 4 is 34.2 Å². The van der Waals surface area contributed by atoms with Gasteiger partial charge in [-0.2, -0.15) is 0 Å². The summed E-state index contributed by atoms with van der Waals surface area (Å²) in [7, 11) is 0. The normalized spacial score (nSPS) is 10.9. The molecule has 0 amide bonds. The standard InChI is InChI=1S/C24H23N3OS/c1-4-28-18-7-9-19(10-8-18)29-23-12-5-16(2)15-22(23)27-21-13-14-25-24-20(21)11-6-17(3)26-24/h5-15H,4H2,1-3H3,(H,25,26,27). The van der Waals surface area contributed by atoms with Crippen LogP contribution in [-0.4, -0.2) is 16.6 Å². The monoisotopic (exact) mass is 401 g/mol. The molecule has 29 heavy (non-hydrogen) atoms. The molecule has 0 radical (unpaired) electrons. The number of hydrogen-bond acceptors (Lipinski definition) is 5. The van der Waals surface area contributed by atoms with Gasteiger partial charge < -0.3 is 10.1 Å². The molecule has 5 heteroatoms. The van der Waals surface area contributed by atoms with Gasteiger partial charge in [0, 0.05) is 27.1 Å². The lowest BCUT2D eigenvalue weighted by atomic mass is 10.2. The van der Waals surface area contributed by atoms with E-state index >= 15 is 0 Å². The molecular formula is C24H23N3OS. The SMILES string of the molecule is CCOc1ccc(Sc2ccc(C)cc2Nc2ccnc3nc(C)ccc23)cc1. The van der Waals surface area contributed by atoms with Gasteiger partial charge in [-0.25, -0.2) is 9.97 Å². The van der Waals surface area contributed by atoms with E-state index in [9.17, 15) is 0 Å². The van der Waals surface area contributed by atoms with Crippen molar-refractivity contribution in [1.82, 2.24) is 9.97 Å². The van der Waals surface area contributed by atoms with Gasteiger partial charge in [0.1, 0.15) is 5.75 Å². The van der Waals surface area contributed by atoms with E-state index in [4.69, 9.17) is 4.74 Å². The van der Waals surface area contributed by atoms with E-state index in [0.717, 1.165) is 43.6 Å². The summed E-state index contributed by atoms with van der Waals surface area (Å²) in [5.74, 6) is 0.894. The lowest BCUT2D eigenvalue weighted by Crippen LogP contribution is -1.96. The highest BCUT2D eigenvalue weighted by molar-refractivity contribution is 7.99. The van der Waals surface area contributed by atoms with Crippen molar-refractivity contribution in [3.8, 4) is 5.75 Å². The topological polar surface area (TPSA) is 47.0 Å². The molecule has 4 rings (SSSR count). The molecule has 4 aromatic rings. The Labute approximate surface area is 175 Å². The Kier molecular flexibility index (Phi) is 5.67. The Morgan fingerprint density at radius 1 is 0.931 bits per heavy atom. The average molecular weight is 402 g/mol. The zero-order valence-corrected chi connectivity index (χ0v) is 17.6. The van der Waals surface area contributed by atoms with Gasteiger partial charge in [0.25, 0.3) is 0 Å². The first-order chi connectivity index (χ1) is 14.1. The fourth-order valence-corrected chi connectivity index (χ4v) is 3.99. The Bertz CT molecular complexity index is 1140. The number of pyridine rings is 2. The third kappa shape index (κ3) is 4.51. The van der Waals surface area contributed by atoms with Gasteiger partial charge >= 0.3 is 0 Å². The highest BCUT2D eigenvalue weighted by atomic mass is 32.2. The molecule has 0 saturated carbocycles. The van der Waals surface area contributed by atoms with E-state index in [1.165, 1.54) is 5.56 Å². The Morgan fingerprint density at radius 2 is 1.76 bits per heavy atom. The number of nitrogens with zero attached hydrogens (tertiary/aromatic N) is 2. The molecule has 0 unspecified atom stereocenters. The van der Waals surface area contributed by atoms with Gasteiger partial charge in [-0.1, -0.05) is 17.8 Å². The second-order valence-electron chi connectivity index (χ2n) is 6.81. The fourth-order valence-electron chi connectivity index (χ4n) is 3.11. The third-order valence-electron chi connectivity index (χ3n) is 4.51. The Balaban J connectivity index is 1.65. The predicted octanol–water partition coefficient (Wildman–Crippen LogP) is 6.54. The van der Waals surface area contributed by atoms with E-state index in [-0.39, 0.29) is 0 Å². The first-order valence-corrected chi connectivity index (χ1v) is 10.4. The minimum Gasteiger partial charge on any atom is -0.494 e. The van der Waals surface area contributed by atoms with Gasteiger partial charge in [0.2, 0.25) is 0 Å². The van der Waals surface area contributed by atoms with Crippen molar-refractivity contribution in [2.24, 2.45) is 0 Å². The lowest BCUT2D eigenvalue weighted by molar-refractivity contribution is 0.340. The molecule has 2 aromatic carbocycles. The fraction of sp³-hybridized carbons (Fsp3) is 0.167. The largest absolute Gasteiger partial charge is 0.494 e. The first kappa shape index (κ1) is 19.3. The van der Waals surface area contributed by atoms with Crippen LogP contribution in [0.3, 0.4) is 0 Å². The number of rotatable bonds is 6. The van der Waals surface area contributed by atoms with Crippen LogP contribution >= 0.6 is 11.8 Å². The van der Waals surface area contributed by atoms with Crippen molar-refractivity contribution in [3.63, 3.8) is 0 Å². The summed E-state index contributed by atoms with van der Waals surface area (Å²) in [5.41, 5.74) is 4.99. The van der Waals surface area contributed by atoms with Crippen LogP contribution in [0.25, 0.3) is 11.0 Å².